The van der Waals surface area contributed by atoms with E-state index in [0.717, 1.165) is 22.7 Å². The minimum absolute atomic E-state index is 0.0503. The average Bonchev–Trinajstić information content (AvgIpc) is 3.29. The van der Waals surface area contributed by atoms with E-state index in [0.29, 0.717) is 31.7 Å². The van der Waals surface area contributed by atoms with Crippen LogP contribution in [-0.2, 0) is 16.0 Å². The summed E-state index contributed by atoms with van der Waals surface area (Å²) in [5.41, 5.74) is 2.07. The van der Waals surface area contributed by atoms with Gasteiger partial charge in [-0.05, 0) is 44.4 Å². The Balaban J connectivity index is 1.48. The van der Waals surface area contributed by atoms with Crippen LogP contribution in [0, 0.1) is 13.8 Å². The number of likely N-dealkylation sites (tertiary alicyclic amines) is 1. The van der Waals surface area contributed by atoms with Gasteiger partial charge in [0.15, 0.2) is 6.61 Å². The van der Waals surface area contributed by atoms with Gasteiger partial charge in [0.1, 0.15) is 11.8 Å². The second-order valence-electron chi connectivity index (χ2n) is 6.75. The Bertz CT molecular complexity index is 805. The molecule has 1 aromatic heterocycles. The normalized spacial score (nSPS) is 16.4. The van der Waals surface area contributed by atoms with E-state index in [1.807, 2.05) is 43.5 Å². The number of carbonyl (C=O) groups excluding carboxylic acids is 2. The van der Waals surface area contributed by atoms with Gasteiger partial charge in [0.05, 0.1) is 10.7 Å². The van der Waals surface area contributed by atoms with E-state index in [-0.39, 0.29) is 18.4 Å². The first-order chi connectivity index (χ1) is 13.0. The average molecular weight is 388 g/mol. The van der Waals surface area contributed by atoms with Crippen LogP contribution in [0.2, 0.25) is 0 Å². The maximum Gasteiger partial charge on any atom is 0.261 e. The molecule has 0 unspecified atom stereocenters. The summed E-state index contributed by atoms with van der Waals surface area (Å²) < 4.78 is 5.60. The first kappa shape index (κ1) is 19.4. The lowest BCUT2D eigenvalue weighted by Gasteiger charge is -2.24. The summed E-state index contributed by atoms with van der Waals surface area (Å²) in [5, 5.41) is 5.97. The van der Waals surface area contributed by atoms with Gasteiger partial charge in [0, 0.05) is 24.9 Å². The second-order valence-corrected chi connectivity index (χ2v) is 7.81. The number of aromatic nitrogens is 1. The highest BCUT2D eigenvalue weighted by Crippen LogP contribution is 2.19. The highest BCUT2D eigenvalue weighted by atomic mass is 32.1. The first-order valence-electron chi connectivity index (χ1n) is 9.20. The molecule has 7 heteroatoms. The topological polar surface area (TPSA) is 71.5 Å². The van der Waals surface area contributed by atoms with Crippen molar-refractivity contribution in [2.24, 2.45) is 0 Å². The Labute approximate surface area is 163 Å². The van der Waals surface area contributed by atoms with Crippen molar-refractivity contribution < 1.29 is 14.3 Å². The van der Waals surface area contributed by atoms with Crippen molar-refractivity contribution in [3.8, 4) is 5.75 Å². The number of nitrogens with one attached hydrogen (secondary N) is 1. The number of carbonyl (C=O) groups is 2. The van der Waals surface area contributed by atoms with Gasteiger partial charge >= 0.3 is 0 Å². The van der Waals surface area contributed by atoms with Crippen molar-refractivity contribution in [2.45, 2.75) is 39.2 Å². The van der Waals surface area contributed by atoms with E-state index < -0.39 is 6.04 Å². The summed E-state index contributed by atoms with van der Waals surface area (Å²) in [6.45, 7) is 5.01. The largest absolute Gasteiger partial charge is 0.484 e. The van der Waals surface area contributed by atoms with Gasteiger partial charge in [0.2, 0.25) is 5.91 Å². The Morgan fingerprint density at radius 3 is 2.96 bits per heavy atom. The molecule has 0 radical (unpaired) electrons. The summed E-state index contributed by atoms with van der Waals surface area (Å²) in [5.74, 6) is 0.426. The van der Waals surface area contributed by atoms with E-state index in [2.05, 4.69) is 10.3 Å². The van der Waals surface area contributed by atoms with Crippen LogP contribution < -0.4 is 10.1 Å². The lowest BCUT2D eigenvalue weighted by Crippen LogP contribution is -2.47. The fourth-order valence-corrected chi connectivity index (χ4v) is 3.87. The second kappa shape index (κ2) is 8.99. The van der Waals surface area contributed by atoms with Crippen LogP contribution in [0.4, 0.5) is 0 Å². The molecule has 2 aromatic rings. The Kier molecular flexibility index (Phi) is 6.45. The zero-order chi connectivity index (χ0) is 19.2. The molecule has 3 rings (SSSR count). The van der Waals surface area contributed by atoms with E-state index in [1.165, 1.54) is 0 Å². The summed E-state index contributed by atoms with van der Waals surface area (Å²) in [4.78, 5) is 31.1. The van der Waals surface area contributed by atoms with Gasteiger partial charge < -0.3 is 15.0 Å². The first-order valence-corrected chi connectivity index (χ1v) is 10.1. The van der Waals surface area contributed by atoms with E-state index in [4.69, 9.17) is 4.74 Å². The fourth-order valence-electron chi connectivity index (χ4n) is 3.23. The van der Waals surface area contributed by atoms with Crippen molar-refractivity contribution in [1.29, 1.82) is 0 Å². The van der Waals surface area contributed by atoms with Crippen LogP contribution in [0.3, 0.4) is 0 Å². The summed E-state index contributed by atoms with van der Waals surface area (Å²) in [6, 6.07) is 7.18. The number of aryl methyl sites for hydroxylation is 2. The standard InChI is InChI=1S/C20H25N3O3S/c1-14-5-3-6-17(11-14)26-12-19(24)23-10-4-7-18(23)20(25)21-9-8-16-13-27-15(2)22-16/h3,5-6,11,13,18H,4,7-10,12H2,1-2H3,(H,21,25)/t18-/m1/s1. The highest BCUT2D eigenvalue weighted by molar-refractivity contribution is 7.09. The molecule has 0 spiro atoms. The molecule has 0 bridgehead atoms. The van der Waals surface area contributed by atoms with Crippen molar-refractivity contribution in [1.82, 2.24) is 15.2 Å². The molecule has 2 heterocycles. The van der Waals surface area contributed by atoms with Crippen molar-refractivity contribution in [3.05, 3.63) is 45.9 Å². The van der Waals surface area contributed by atoms with Gasteiger partial charge in [-0.25, -0.2) is 4.98 Å². The SMILES string of the molecule is Cc1cccc(OCC(=O)N2CCC[C@@H]2C(=O)NCCc2csc(C)n2)c1. The minimum atomic E-state index is -0.407. The molecular weight excluding hydrogens is 362 g/mol. The molecule has 1 aliphatic heterocycles. The lowest BCUT2D eigenvalue weighted by molar-refractivity contribution is -0.139. The van der Waals surface area contributed by atoms with Crippen LogP contribution in [0.5, 0.6) is 5.75 Å². The Morgan fingerprint density at radius 1 is 1.37 bits per heavy atom. The number of thiazole rings is 1. The van der Waals surface area contributed by atoms with Crippen LogP contribution in [0.1, 0.15) is 29.1 Å². The molecule has 2 amide bonds. The number of benzene rings is 1. The van der Waals surface area contributed by atoms with Crippen molar-refractivity contribution in [3.63, 3.8) is 0 Å². The molecule has 144 valence electrons. The highest BCUT2D eigenvalue weighted by Gasteiger charge is 2.33. The summed E-state index contributed by atoms with van der Waals surface area (Å²) in [7, 11) is 0. The maximum atomic E-state index is 12.5. The molecule has 1 fully saturated rings. The number of rotatable bonds is 7. The third-order valence-corrected chi connectivity index (χ3v) is 5.40. The molecule has 1 N–H and O–H groups in total. The van der Waals surface area contributed by atoms with Crippen molar-refractivity contribution in [2.75, 3.05) is 19.7 Å². The summed E-state index contributed by atoms with van der Waals surface area (Å²) >= 11 is 1.61. The number of hydrogen-bond donors (Lipinski definition) is 1. The lowest BCUT2D eigenvalue weighted by atomic mass is 10.2. The van der Waals surface area contributed by atoms with Gasteiger partial charge in [-0.15, -0.1) is 11.3 Å². The monoisotopic (exact) mass is 387 g/mol. The van der Waals surface area contributed by atoms with Crippen molar-refractivity contribution >= 4 is 23.2 Å². The van der Waals surface area contributed by atoms with Crippen LogP contribution in [0.25, 0.3) is 0 Å². The van der Waals surface area contributed by atoms with E-state index in [1.54, 1.807) is 16.2 Å². The molecule has 0 aliphatic carbocycles. The predicted molar refractivity (Wildman–Crippen MR) is 105 cm³/mol. The molecule has 1 saturated heterocycles. The van der Waals surface area contributed by atoms with Gasteiger partial charge in [-0.1, -0.05) is 12.1 Å². The summed E-state index contributed by atoms with van der Waals surface area (Å²) in [6.07, 6.45) is 2.23. The molecule has 1 aliphatic rings. The molecule has 6 nitrogen and oxygen atoms in total. The van der Waals surface area contributed by atoms with Crippen LogP contribution in [-0.4, -0.2) is 47.4 Å². The fraction of sp³-hybridized carbons (Fsp3) is 0.450. The molecule has 1 aromatic carbocycles. The molecule has 27 heavy (non-hydrogen) atoms. The smallest absolute Gasteiger partial charge is 0.261 e. The quantitative estimate of drug-likeness (QED) is 0.792. The third-order valence-electron chi connectivity index (χ3n) is 4.57. The number of ether oxygens (including phenoxy) is 1. The molecular formula is C20H25N3O3S. The third kappa shape index (κ3) is 5.29. The number of hydrogen-bond acceptors (Lipinski definition) is 5. The number of amides is 2. The zero-order valence-corrected chi connectivity index (χ0v) is 16.6. The van der Waals surface area contributed by atoms with E-state index in [9.17, 15) is 9.59 Å². The molecule has 1 atom stereocenters. The maximum absolute atomic E-state index is 12.5. The number of nitrogens with zero attached hydrogens (tertiary/aromatic N) is 2. The Hall–Kier alpha value is -2.41. The zero-order valence-electron chi connectivity index (χ0n) is 15.7. The van der Waals surface area contributed by atoms with Crippen LogP contribution >= 0.6 is 11.3 Å². The van der Waals surface area contributed by atoms with E-state index >= 15 is 0 Å². The predicted octanol–water partition coefficient (Wildman–Crippen LogP) is 2.49. The molecule has 0 saturated carbocycles. The Morgan fingerprint density at radius 2 is 2.22 bits per heavy atom. The van der Waals surface area contributed by atoms with Gasteiger partial charge in [-0.2, -0.15) is 0 Å². The minimum Gasteiger partial charge on any atom is -0.484 e. The van der Waals surface area contributed by atoms with Crippen LogP contribution in [0.15, 0.2) is 29.6 Å². The van der Waals surface area contributed by atoms with Gasteiger partial charge in [-0.3, -0.25) is 9.59 Å². The van der Waals surface area contributed by atoms with Gasteiger partial charge in [0.25, 0.3) is 5.91 Å².